The summed E-state index contributed by atoms with van der Waals surface area (Å²) in [4.78, 5) is 30.1. The summed E-state index contributed by atoms with van der Waals surface area (Å²) in [5, 5.41) is 6.41. The van der Waals surface area contributed by atoms with Gasteiger partial charge in [0, 0.05) is 6.42 Å². The van der Waals surface area contributed by atoms with Gasteiger partial charge in [-0.1, -0.05) is 11.2 Å². The first-order valence-electron chi connectivity index (χ1n) is 7.76. The van der Waals surface area contributed by atoms with Crippen molar-refractivity contribution in [2.75, 3.05) is 6.79 Å². The molecule has 0 saturated carbocycles. The van der Waals surface area contributed by atoms with Gasteiger partial charge in [-0.25, -0.2) is 4.79 Å². The van der Waals surface area contributed by atoms with Gasteiger partial charge in [0.1, 0.15) is 12.1 Å². The van der Waals surface area contributed by atoms with E-state index >= 15 is 0 Å². The molecule has 3 heterocycles. The highest BCUT2D eigenvalue weighted by molar-refractivity contribution is 6.06. The zero-order valence-corrected chi connectivity index (χ0v) is 13.7. The van der Waals surface area contributed by atoms with Gasteiger partial charge in [-0.3, -0.25) is 9.69 Å². The van der Waals surface area contributed by atoms with E-state index in [1.165, 1.54) is 0 Å². The summed E-state index contributed by atoms with van der Waals surface area (Å²) in [6, 6.07) is 4.98. The number of benzene rings is 1. The number of hydrogen-bond acceptors (Lipinski definition) is 7. The summed E-state index contributed by atoms with van der Waals surface area (Å²) in [6.07, 6.45) is 0.327. The summed E-state index contributed by atoms with van der Waals surface area (Å²) in [5.41, 5.74) is -0.198. The highest BCUT2D eigenvalue weighted by Crippen LogP contribution is 2.34. The molecule has 0 bridgehead atoms. The van der Waals surface area contributed by atoms with Crippen LogP contribution in [-0.4, -0.2) is 39.3 Å². The van der Waals surface area contributed by atoms with Gasteiger partial charge in [-0.05, 0) is 31.5 Å². The fourth-order valence-electron chi connectivity index (χ4n) is 3.01. The Morgan fingerprint density at radius 1 is 1.28 bits per heavy atom. The Bertz CT molecular complexity index is 864. The molecule has 1 aromatic carbocycles. The number of rotatable bonds is 4. The maximum Gasteiger partial charge on any atom is 0.325 e. The number of nitrogens with zero attached hydrogens (tertiary/aromatic N) is 3. The van der Waals surface area contributed by atoms with E-state index < -0.39 is 11.6 Å². The Kier molecular flexibility index (Phi) is 3.38. The first-order chi connectivity index (χ1) is 11.9. The monoisotopic (exact) mass is 344 g/mol. The van der Waals surface area contributed by atoms with Gasteiger partial charge in [-0.15, -0.1) is 0 Å². The molecule has 2 aliphatic rings. The van der Waals surface area contributed by atoms with E-state index in [4.69, 9.17) is 14.0 Å². The molecule has 0 spiro atoms. The van der Waals surface area contributed by atoms with Crippen molar-refractivity contribution < 1.29 is 23.6 Å². The number of amides is 3. The van der Waals surface area contributed by atoms with Crippen molar-refractivity contribution in [3.8, 4) is 11.5 Å². The summed E-state index contributed by atoms with van der Waals surface area (Å²) >= 11 is 0. The number of carbonyl (C=O) groups is 2. The van der Waals surface area contributed by atoms with E-state index in [9.17, 15) is 9.59 Å². The van der Waals surface area contributed by atoms with E-state index in [1.807, 2.05) is 12.1 Å². The van der Waals surface area contributed by atoms with Gasteiger partial charge in [0.05, 0.1) is 0 Å². The molecule has 1 atom stereocenters. The molecule has 9 heteroatoms. The normalized spacial score (nSPS) is 21.8. The Morgan fingerprint density at radius 3 is 2.84 bits per heavy atom. The Morgan fingerprint density at radius 2 is 2.08 bits per heavy atom. The topological polar surface area (TPSA) is 107 Å². The van der Waals surface area contributed by atoms with Gasteiger partial charge in [-0.2, -0.15) is 4.98 Å². The molecule has 0 radical (unpaired) electrons. The van der Waals surface area contributed by atoms with Gasteiger partial charge in [0.25, 0.3) is 5.91 Å². The highest BCUT2D eigenvalue weighted by Gasteiger charge is 2.48. The highest BCUT2D eigenvalue weighted by atomic mass is 16.7. The van der Waals surface area contributed by atoms with Crippen molar-refractivity contribution in [1.82, 2.24) is 20.4 Å². The van der Waals surface area contributed by atoms with Crippen LogP contribution in [0.15, 0.2) is 22.7 Å². The zero-order chi connectivity index (χ0) is 17.6. The Hall–Kier alpha value is -3.10. The van der Waals surface area contributed by atoms with Crippen LogP contribution < -0.4 is 14.8 Å². The van der Waals surface area contributed by atoms with E-state index in [2.05, 4.69) is 15.5 Å². The first-order valence-corrected chi connectivity index (χ1v) is 7.76. The molecular formula is C16H16N4O5. The number of hydrogen-bond donors (Lipinski definition) is 1. The summed E-state index contributed by atoms with van der Waals surface area (Å²) in [5.74, 6) is 1.63. The average Bonchev–Trinajstić information content (AvgIpc) is 3.23. The smallest absolute Gasteiger partial charge is 0.325 e. The lowest BCUT2D eigenvalue weighted by Crippen LogP contribution is -2.45. The fourth-order valence-corrected chi connectivity index (χ4v) is 3.01. The van der Waals surface area contributed by atoms with Crippen LogP contribution in [0.25, 0.3) is 0 Å². The van der Waals surface area contributed by atoms with Crippen molar-refractivity contribution >= 4 is 11.9 Å². The number of nitrogens with one attached hydrogen (secondary N) is 1. The van der Waals surface area contributed by atoms with E-state index in [1.54, 1.807) is 19.9 Å². The number of ether oxygens (including phenoxy) is 2. The lowest BCUT2D eigenvalue weighted by atomic mass is 9.92. The van der Waals surface area contributed by atoms with Crippen LogP contribution in [0, 0.1) is 6.92 Å². The molecule has 4 rings (SSSR count). The third-order valence-corrected chi connectivity index (χ3v) is 4.20. The van der Waals surface area contributed by atoms with Gasteiger partial charge in [0.2, 0.25) is 12.7 Å². The second-order valence-electron chi connectivity index (χ2n) is 6.25. The first kappa shape index (κ1) is 15.4. The third-order valence-electron chi connectivity index (χ3n) is 4.20. The molecule has 2 aromatic rings. The molecule has 1 saturated heterocycles. The minimum atomic E-state index is -1.06. The Balaban J connectivity index is 1.53. The second-order valence-corrected chi connectivity index (χ2v) is 6.25. The standard InChI is InChI=1S/C16H16N4O5/c1-9-17-13(25-19-9)7-20-14(21)16(2,18-15(20)22)6-10-3-4-11-12(5-10)24-8-23-11/h3-5H,6-8H2,1-2H3,(H,18,22). The number of fused-ring (bicyclic) bond motifs is 1. The van der Waals surface area contributed by atoms with Crippen molar-refractivity contribution in [2.45, 2.75) is 32.4 Å². The van der Waals surface area contributed by atoms with Crippen molar-refractivity contribution in [2.24, 2.45) is 0 Å². The minimum Gasteiger partial charge on any atom is -0.454 e. The van der Waals surface area contributed by atoms with Crippen LogP contribution >= 0.6 is 0 Å². The summed E-state index contributed by atoms with van der Waals surface area (Å²) < 4.78 is 15.6. The van der Waals surface area contributed by atoms with Crippen LogP contribution in [0.2, 0.25) is 0 Å². The molecule has 1 fully saturated rings. The maximum absolute atomic E-state index is 12.8. The largest absolute Gasteiger partial charge is 0.454 e. The third kappa shape index (κ3) is 2.67. The molecule has 130 valence electrons. The molecule has 2 aliphatic heterocycles. The summed E-state index contributed by atoms with van der Waals surface area (Å²) in [7, 11) is 0. The van der Waals surface area contributed by atoms with Gasteiger partial charge >= 0.3 is 6.03 Å². The SMILES string of the molecule is Cc1noc(CN2C(=O)NC(C)(Cc3ccc4c(c3)OCO4)C2=O)n1. The molecule has 1 N–H and O–H groups in total. The summed E-state index contributed by atoms with van der Waals surface area (Å²) in [6.45, 7) is 3.49. The molecule has 9 nitrogen and oxygen atoms in total. The predicted molar refractivity (Wildman–Crippen MR) is 82.8 cm³/mol. The fraction of sp³-hybridized carbons (Fsp3) is 0.375. The van der Waals surface area contributed by atoms with Crippen molar-refractivity contribution in [3.63, 3.8) is 0 Å². The average molecular weight is 344 g/mol. The van der Waals surface area contributed by atoms with Crippen LogP contribution in [0.5, 0.6) is 11.5 Å². The van der Waals surface area contributed by atoms with Crippen LogP contribution in [0.1, 0.15) is 24.2 Å². The second kappa shape index (κ2) is 5.47. The number of urea groups is 1. The molecular weight excluding hydrogens is 328 g/mol. The zero-order valence-electron chi connectivity index (χ0n) is 13.7. The van der Waals surface area contributed by atoms with E-state index in [0.717, 1.165) is 10.5 Å². The predicted octanol–water partition coefficient (Wildman–Crippen LogP) is 1.16. The van der Waals surface area contributed by atoms with Crippen LogP contribution in [0.3, 0.4) is 0 Å². The lowest BCUT2D eigenvalue weighted by Gasteiger charge is -2.21. The maximum atomic E-state index is 12.8. The van der Waals surface area contributed by atoms with Crippen LogP contribution in [0.4, 0.5) is 4.79 Å². The molecule has 0 aliphatic carbocycles. The quantitative estimate of drug-likeness (QED) is 0.829. The van der Waals surface area contributed by atoms with Crippen molar-refractivity contribution in [3.05, 3.63) is 35.5 Å². The number of carbonyl (C=O) groups excluding carboxylic acids is 2. The van der Waals surface area contributed by atoms with Gasteiger partial charge < -0.3 is 19.3 Å². The Labute approximate surface area is 142 Å². The van der Waals surface area contributed by atoms with Crippen LogP contribution in [-0.2, 0) is 17.8 Å². The van der Waals surface area contributed by atoms with Crippen molar-refractivity contribution in [1.29, 1.82) is 0 Å². The van der Waals surface area contributed by atoms with Gasteiger partial charge in [0.15, 0.2) is 17.3 Å². The minimum absolute atomic E-state index is 0.0533. The molecule has 1 aromatic heterocycles. The lowest BCUT2D eigenvalue weighted by molar-refractivity contribution is -0.131. The van der Waals surface area contributed by atoms with E-state index in [-0.39, 0.29) is 25.1 Å². The number of imide groups is 1. The van der Waals surface area contributed by atoms with E-state index in [0.29, 0.717) is 23.7 Å². The molecule has 3 amide bonds. The molecule has 1 unspecified atom stereocenters. The number of aryl methyl sites for hydroxylation is 1. The molecule has 25 heavy (non-hydrogen) atoms. The number of aromatic nitrogens is 2.